The van der Waals surface area contributed by atoms with Crippen molar-refractivity contribution in [3.63, 3.8) is 0 Å². The van der Waals surface area contributed by atoms with Crippen LogP contribution in [-0.4, -0.2) is 77.2 Å². The van der Waals surface area contributed by atoms with Crippen molar-refractivity contribution in [2.45, 2.75) is 51.0 Å². The molecule has 0 radical (unpaired) electrons. The lowest BCUT2D eigenvalue weighted by molar-refractivity contribution is 0.0181. The number of benzene rings is 2. The van der Waals surface area contributed by atoms with Crippen LogP contribution in [0.2, 0.25) is 0 Å². The van der Waals surface area contributed by atoms with E-state index in [0.717, 1.165) is 30.1 Å². The number of para-hydroxylation sites is 1. The van der Waals surface area contributed by atoms with E-state index in [-0.39, 0.29) is 31.1 Å². The second-order valence-corrected chi connectivity index (χ2v) is 10.3. The van der Waals surface area contributed by atoms with Gasteiger partial charge < -0.3 is 14.8 Å². The highest BCUT2D eigenvalue weighted by atomic mass is 19.1. The topological polar surface area (TPSA) is 51.7 Å². The average molecular weight is 522 g/mol. The lowest BCUT2D eigenvalue weighted by Gasteiger charge is -2.38. The zero-order valence-corrected chi connectivity index (χ0v) is 21.3. The van der Waals surface area contributed by atoms with Crippen molar-refractivity contribution in [1.82, 2.24) is 14.8 Å². The number of halogens is 4. The molecule has 2 aliphatic rings. The molecule has 5 rings (SSSR count). The zero-order valence-electron chi connectivity index (χ0n) is 21.3. The fraction of sp³-hybridized carbons (Fsp3) is 0.500. The number of nitrogens with zero attached hydrogens (tertiary/aromatic N) is 2. The smallest absolute Gasteiger partial charge is 0.143 e. The molecule has 2 aliphatic heterocycles. The van der Waals surface area contributed by atoms with Gasteiger partial charge in [0.15, 0.2) is 0 Å². The average Bonchev–Trinajstić information content (AvgIpc) is 3.17. The van der Waals surface area contributed by atoms with Crippen molar-refractivity contribution >= 4 is 10.9 Å². The van der Waals surface area contributed by atoms with E-state index in [2.05, 4.69) is 35.0 Å². The Kier molecular flexibility index (Phi) is 8.77. The monoisotopic (exact) mass is 521 g/mol. The fourth-order valence-electron chi connectivity index (χ4n) is 4.94. The molecule has 3 heterocycles. The van der Waals surface area contributed by atoms with Crippen molar-refractivity contribution < 1.29 is 27.4 Å². The Labute approximate surface area is 215 Å². The maximum absolute atomic E-state index is 14.1. The third-order valence-electron chi connectivity index (χ3n) is 6.92. The number of hydrogen-bond acceptors (Lipinski definition) is 4. The second kappa shape index (κ2) is 11.8. The van der Waals surface area contributed by atoms with Crippen LogP contribution >= 0.6 is 0 Å². The van der Waals surface area contributed by atoms with Crippen molar-refractivity contribution in [3.8, 4) is 5.75 Å². The first-order chi connectivity index (χ1) is 17.7. The van der Waals surface area contributed by atoms with Gasteiger partial charge in [-0.2, -0.15) is 0 Å². The second-order valence-electron chi connectivity index (χ2n) is 10.3. The molecule has 1 fully saturated rings. The van der Waals surface area contributed by atoms with Gasteiger partial charge in [0.05, 0.1) is 13.3 Å². The molecule has 0 aliphatic carbocycles. The van der Waals surface area contributed by atoms with Gasteiger partial charge in [-0.1, -0.05) is 18.2 Å². The highest BCUT2D eigenvalue weighted by Gasteiger charge is 2.32. The summed E-state index contributed by atoms with van der Waals surface area (Å²) >= 11 is 0. The predicted molar refractivity (Wildman–Crippen MR) is 136 cm³/mol. The van der Waals surface area contributed by atoms with Crippen LogP contribution in [0.4, 0.5) is 17.6 Å². The van der Waals surface area contributed by atoms with Crippen LogP contribution in [0.15, 0.2) is 42.5 Å². The van der Waals surface area contributed by atoms with Gasteiger partial charge in [-0.3, -0.25) is 14.2 Å². The Balaban J connectivity index is 0.000000176. The van der Waals surface area contributed by atoms with Gasteiger partial charge in [-0.25, -0.2) is 13.2 Å². The molecule has 2 N–H and O–H groups in total. The van der Waals surface area contributed by atoms with E-state index in [1.54, 1.807) is 0 Å². The van der Waals surface area contributed by atoms with Crippen molar-refractivity contribution in [2.24, 2.45) is 0 Å². The van der Waals surface area contributed by atoms with E-state index in [4.69, 9.17) is 9.84 Å². The Bertz CT molecular complexity index is 1160. The van der Waals surface area contributed by atoms with Gasteiger partial charge in [0.25, 0.3) is 0 Å². The minimum absolute atomic E-state index is 0.0594. The van der Waals surface area contributed by atoms with Crippen LogP contribution < -0.4 is 4.74 Å². The van der Waals surface area contributed by atoms with E-state index in [1.807, 2.05) is 11.0 Å². The number of aliphatic hydroxyl groups excluding tert-OH is 1. The summed E-state index contributed by atoms with van der Waals surface area (Å²) in [5.41, 5.74) is 2.14. The summed E-state index contributed by atoms with van der Waals surface area (Å²) in [7, 11) is 0. The first kappa shape index (κ1) is 27.4. The molecule has 202 valence electrons. The van der Waals surface area contributed by atoms with Crippen LogP contribution in [-0.2, 0) is 13.0 Å². The van der Waals surface area contributed by atoms with E-state index < -0.39 is 23.9 Å². The molecule has 2 atom stereocenters. The maximum atomic E-state index is 14.1. The van der Waals surface area contributed by atoms with Crippen LogP contribution in [0.5, 0.6) is 5.75 Å². The summed E-state index contributed by atoms with van der Waals surface area (Å²) in [5.74, 6) is -1.08. The summed E-state index contributed by atoms with van der Waals surface area (Å²) in [6.45, 7) is 5.86. The van der Waals surface area contributed by atoms with Crippen LogP contribution in [0.25, 0.3) is 10.9 Å². The normalized spacial score (nSPS) is 20.0. The predicted octanol–water partition coefficient (Wildman–Crippen LogP) is 5.02. The first-order valence-corrected chi connectivity index (χ1v) is 12.7. The molecule has 3 aromatic rings. The number of likely N-dealkylation sites (tertiary alicyclic amines) is 1. The summed E-state index contributed by atoms with van der Waals surface area (Å²) < 4.78 is 57.1. The number of aromatic nitrogens is 1. The molecule has 37 heavy (non-hydrogen) atoms. The summed E-state index contributed by atoms with van der Waals surface area (Å²) in [6, 6.07) is 11.7. The SMILES string of the molecule is C[C@@H]1Cc2c([nH]c3ccccc23)CN1CC(C)(F)CO.FCCCN1CC(Oc2cc(F)cc(F)c2)C1. The number of ether oxygens (including phenoxy) is 1. The van der Waals surface area contributed by atoms with Crippen LogP contribution in [0, 0.1) is 11.6 Å². The summed E-state index contributed by atoms with van der Waals surface area (Å²) in [4.78, 5) is 7.59. The molecule has 5 nitrogen and oxygen atoms in total. The third kappa shape index (κ3) is 7.03. The minimum Gasteiger partial charge on any atom is -0.488 e. The third-order valence-corrected chi connectivity index (χ3v) is 6.92. The Morgan fingerprint density at radius 1 is 1.14 bits per heavy atom. The van der Waals surface area contributed by atoms with Gasteiger partial charge in [0.1, 0.15) is 29.2 Å². The number of hydrogen-bond donors (Lipinski definition) is 2. The maximum Gasteiger partial charge on any atom is 0.143 e. The zero-order chi connectivity index (χ0) is 26.6. The molecule has 0 saturated carbocycles. The van der Waals surface area contributed by atoms with Crippen LogP contribution in [0.3, 0.4) is 0 Å². The standard InChI is InChI=1S/C16H21FN2O.C12H14F3NO/c1-11-7-13-12-5-3-4-6-14(12)18-15(13)8-19(11)9-16(2,17)10-20;13-2-1-3-16-7-12(8-16)17-11-5-9(14)4-10(15)6-11/h3-6,11,18,20H,7-10H2,1-2H3;4-6,12H,1-3,7-8H2/t11-,16?;/m1./s1. The summed E-state index contributed by atoms with van der Waals surface area (Å²) in [5, 5.41) is 10.4. The van der Waals surface area contributed by atoms with Crippen molar-refractivity contribution in [2.75, 3.05) is 39.5 Å². The number of fused-ring (bicyclic) bond motifs is 3. The number of rotatable bonds is 8. The molecule has 0 amide bonds. The Hall–Kier alpha value is -2.62. The largest absolute Gasteiger partial charge is 0.488 e. The molecule has 1 unspecified atom stereocenters. The fourth-order valence-corrected chi connectivity index (χ4v) is 4.94. The molecule has 0 spiro atoms. The molecule has 1 saturated heterocycles. The number of alkyl halides is 2. The Morgan fingerprint density at radius 2 is 1.84 bits per heavy atom. The van der Waals surface area contributed by atoms with Gasteiger partial charge in [-0.05, 0) is 38.3 Å². The number of aliphatic hydroxyl groups is 1. The minimum atomic E-state index is -1.54. The van der Waals surface area contributed by atoms with Crippen molar-refractivity contribution in [1.29, 1.82) is 0 Å². The lowest BCUT2D eigenvalue weighted by Crippen LogP contribution is -2.53. The quantitative estimate of drug-likeness (QED) is 0.409. The summed E-state index contributed by atoms with van der Waals surface area (Å²) in [6.07, 6.45) is 1.37. The van der Waals surface area contributed by atoms with Gasteiger partial charge in [0, 0.05) is 73.6 Å². The van der Waals surface area contributed by atoms with Crippen molar-refractivity contribution in [3.05, 3.63) is 65.4 Å². The van der Waals surface area contributed by atoms with E-state index in [1.165, 1.54) is 23.6 Å². The van der Waals surface area contributed by atoms with E-state index in [0.29, 0.717) is 32.6 Å². The molecule has 1 aromatic heterocycles. The van der Waals surface area contributed by atoms with Gasteiger partial charge in [-0.15, -0.1) is 0 Å². The Morgan fingerprint density at radius 3 is 2.51 bits per heavy atom. The molecular weight excluding hydrogens is 486 g/mol. The highest BCUT2D eigenvalue weighted by molar-refractivity contribution is 5.84. The lowest BCUT2D eigenvalue weighted by atomic mass is 9.96. The number of nitrogens with one attached hydrogen (secondary N) is 1. The van der Waals surface area contributed by atoms with E-state index >= 15 is 0 Å². The molecular formula is C28H35F4N3O2. The van der Waals surface area contributed by atoms with Crippen LogP contribution in [0.1, 0.15) is 31.5 Å². The van der Waals surface area contributed by atoms with Gasteiger partial charge >= 0.3 is 0 Å². The highest BCUT2D eigenvalue weighted by Crippen LogP contribution is 2.31. The molecule has 2 aromatic carbocycles. The number of H-pyrrole nitrogens is 1. The van der Waals surface area contributed by atoms with Gasteiger partial charge in [0.2, 0.25) is 0 Å². The molecule has 0 bridgehead atoms. The number of aromatic amines is 1. The molecule has 9 heteroatoms. The van der Waals surface area contributed by atoms with E-state index in [9.17, 15) is 17.6 Å². The first-order valence-electron chi connectivity index (χ1n) is 12.7.